The predicted molar refractivity (Wildman–Crippen MR) is 131 cm³/mol. The molecule has 0 unspecified atom stereocenters. The highest BCUT2D eigenvalue weighted by atomic mass is 16.2. The minimum Gasteiger partial charge on any atom is -0.352 e. The molecule has 0 atom stereocenters. The van der Waals surface area contributed by atoms with E-state index in [1.165, 1.54) is 0 Å². The Labute approximate surface area is 195 Å². The van der Waals surface area contributed by atoms with E-state index in [-0.39, 0.29) is 5.91 Å². The molecule has 172 valence electrons. The molecule has 3 aromatic rings. The van der Waals surface area contributed by atoms with Gasteiger partial charge in [0.2, 0.25) is 5.91 Å². The standard InChI is InChI=1S/C26H32N6O/c1-19-15-20(2)32(30-19)24-8-5-4-7-23(24)17-29-26(27-3)28-16-21-10-12-22(13-11-21)18-31-14-6-9-25(31)33/h4-5,7-8,10-13,15H,6,9,14,16-18H2,1-3H3,(H2,27,28,29). The number of para-hydroxylation sites is 1. The number of amides is 1. The van der Waals surface area contributed by atoms with Gasteiger partial charge in [0.1, 0.15) is 0 Å². The summed E-state index contributed by atoms with van der Waals surface area (Å²) >= 11 is 0. The third-order valence-electron chi connectivity index (χ3n) is 5.93. The van der Waals surface area contributed by atoms with Crippen molar-refractivity contribution in [3.8, 4) is 5.69 Å². The first-order chi connectivity index (χ1) is 16.0. The van der Waals surface area contributed by atoms with Crippen LogP contribution in [-0.4, -0.2) is 40.1 Å². The molecule has 1 saturated heterocycles. The molecule has 2 aromatic carbocycles. The maximum absolute atomic E-state index is 11.8. The molecule has 0 saturated carbocycles. The zero-order valence-electron chi connectivity index (χ0n) is 19.6. The van der Waals surface area contributed by atoms with E-state index in [1.54, 1.807) is 7.05 Å². The van der Waals surface area contributed by atoms with Crippen LogP contribution in [0.5, 0.6) is 0 Å². The molecule has 0 aliphatic carbocycles. The number of hydrogen-bond acceptors (Lipinski definition) is 3. The number of aliphatic imine (C=N–C) groups is 1. The molecule has 4 rings (SSSR count). The average molecular weight is 445 g/mol. The van der Waals surface area contributed by atoms with E-state index in [2.05, 4.69) is 70.1 Å². The van der Waals surface area contributed by atoms with Crippen molar-refractivity contribution in [2.45, 2.75) is 46.3 Å². The minimum atomic E-state index is 0.259. The molecule has 7 nitrogen and oxygen atoms in total. The highest BCUT2D eigenvalue weighted by Crippen LogP contribution is 2.17. The third kappa shape index (κ3) is 5.61. The molecular weight excluding hydrogens is 412 g/mol. The number of aryl methyl sites for hydroxylation is 2. The summed E-state index contributed by atoms with van der Waals surface area (Å²) in [6, 6.07) is 18.8. The highest BCUT2D eigenvalue weighted by molar-refractivity contribution is 5.79. The number of rotatable bonds is 7. The van der Waals surface area contributed by atoms with Crippen LogP contribution in [0.15, 0.2) is 59.6 Å². The van der Waals surface area contributed by atoms with Gasteiger partial charge in [0.15, 0.2) is 5.96 Å². The maximum Gasteiger partial charge on any atom is 0.222 e. The number of likely N-dealkylation sites (tertiary alicyclic amines) is 1. The van der Waals surface area contributed by atoms with E-state index in [1.807, 2.05) is 28.6 Å². The van der Waals surface area contributed by atoms with Gasteiger partial charge in [-0.25, -0.2) is 4.68 Å². The van der Waals surface area contributed by atoms with E-state index < -0.39 is 0 Å². The van der Waals surface area contributed by atoms with Crippen LogP contribution in [0, 0.1) is 13.8 Å². The Balaban J connectivity index is 1.33. The molecule has 0 radical (unpaired) electrons. The quantitative estimate of drug-likeness (QED) is 0.432. The van der Waals surface area contributed by atoms with Crippen molar-refractivity contribution in [1.29, 1.82) is 0 Å². The first-order valence-corrected chi connectivity index (χ1v) is 11.4. The van der Waals surface area contributed by atoms with Gasteiger partial charge in [0.05, 0.1) is 11.4 Å². The van der Waals surface area contributed by atoms with Crippen LogP contribution < -0.4 is 10.6 Å². The van der Waals surface area contributed by atoms with Crippen molar-refractivity contribution in [3.63, 3.8) is 0 Å². The second-order valence-corrected chi connectivity index (χ2v) is 8.48. The number of aromatic nitrogens is 2. The maximum atomic E-state index is 11.8. The molecule has 33 heavy (non-hydrogen) atoms. The Morgan fingerprint density at radius 3 is 2.42 bits per heavy atom. The molecule has 7 heteroatoms. The van der Waals surface area contributed by atoms with Crippen LogP contribution in [-0.2, 0) is 24.4 Å². The van der Waals surface area contributed by atoms with Crippen molar-refractivity contribution in [2.24, 2.45) is 4.99 Å². The Morgan fingerprint density at radius 2 is 1.76 bits per heavy atom. The molecule has 2 heterocycles. The number of hydrogen-bond donors (Lipinski definition) is 2. The first-order valence-electron chi connectivity index (χ1n) is 11.4. The van der Waals surface area contributed by atoms with Crippen LogP contribution in [0.4, 0.5) is 0 Å². The Morgan fingerprint density at radius 1 is 1.03 bits per heavy atom. The van der Waals surface area contributed by atoms with Crippen LogP contribution in [0.1, 0.15) is 40.9 Å². The number of benzene rings is 2. The van der Waals surface area contributed by atoms with Gasteiger partial charge in [-0.3, -0.25) is 9.79 Å². The summed E-state index contributed by atoms with van der Waals surface area (Å²) in [4.78, 5) is 18.1. The molecule has 2 N–H and O–H groups in total. The van der Waals surface area contributed by atoms with Crippen LogP contribution >= 0.6 is 0 Å². The van der Waals surface area contributed by atoms with Crippen molar-refractivity contribution < 1.29 is 4.79 Å². The van der Waals surface area contributed by atoms with Gasteiger partial charge >= 0.3 is 0 Å². The SMILES string of the molecule is CN=C(NCc1ccc(CN2CCCC2=O)cc1)NCc1ccccc1-n1nc(C)cc1C. The Hall–Kier alpha value is -3.61. The molecule has 1 aromatic heterocycles. The molecule has 1 aliphatic heterocycles. The molecule has 1 amide bonds. The molecule has 0 spiro atoms. The zero-order valence-corrected chi connectivity index (χ0v) is 19.6. The van der Waals surface area contributed by atoms with E-state index in [0.29, 0.717) is 26.1 Å². The summed E-state index contributed by atoms with van der Waals surface area (Å²) in [6.45, 7) is 6.95. The Kier molecular flexibility index (Phi) is 7.07. The lowest BCUT2D eigenvalue weighted by molar-refractivity contribution is -0.128. The van der Waals surface area contributed by atoms with Gasteiger partial charge in [0.25, 0.3) is 0 Å². The lowest BCUT2D eigenvalue weighted by Crippen LogP contribution is -2.36. The van der Waals surface area contributed by atoms with Gasteiger partial charge in [-0.2, -0.15) is 5.10 Å². The van der Waals surface area contributed by atoms with E-state index in [4.69, 9.17) is 0 Å². The molecule has 1 aliphatic rings. The number of carbonyl (C=O) groups is 1. The van der Waals surface area contributed by atoms with Gasteiger partial charge in [0, 0.05) is 45.3 Å². The van der Waals surface area contributed by atoms with Gasteiger partial charge in [-0.15, -0.1) is 0 Å². The number of guanidine groups is 1. The van der Waals surface area contributed by atoms with Crippen molar-refractivity contribution >= 4 is 11.9 Å². The van der Waals surface area contributed by atoms with E-state index in [0.717, 1.165) is 52.7 Å². The molecular formula is C26H32N6O. The first kappa shape index (κ1) is 22.6. The smallest absolute Gasteiger partial charge is 0.222 e. The number of nitrogens with zero attached hydrogens (tertiary/aromatic N) is 4. The Bertz CT molecular complexity index is 1130. The summed E-state index contributed by atoms with van der Waals surface area (Å²) in [5, 5.41) is 11.4. The fraction of sp³-hybridized carbons (Fsp3) is 0.346. The summed E-state index contributed by atoms with van der Waals surface area (Å²) < 4.78 is 1.99. The molecule has 0 bridgehead atoms. The van der Waals surface area contributed by atoms with Gasteiger partial charge in [-0.05, 0) is 49.1 Å². The number of carbonyl (C=O) groups excluding carboxylic acids is 1. The second-order valence-electron chi connectivity index (χ2n) is 8.48. The second kappa shape index (κ2) is 10.3. The summed E-state index contributed by atoms with van der Waals surface area (Å²) in [5.41, 5.74) is 6.66. The topological polar surface area (TPSA) is 74.6 Å². The zero-order chi connectivity index (χ0) is 23.2. The summed E-state index contributed by atoms with van der Waals surface area (Å²) in [6.07, 6.45) is 1.65. The fourth-order valence-corrected chi connectivity index (χ4v) is 4.18. The lowest BCUT2D eigenvalue weighted by Gasteiger charge is -2.16. The largest absolute Gasteiger partial charge is 0.352 e. The minimum absolute atomic E-state index is 0.259. The average Bonchev–Trinajstić information content (AvgIpc) is 3.38. The van der Waals surface area contributed by atoms with Gasteiger partial charge in [-0.1, -0.05) is 42.5 Å². The normalized spacial score (nSPS) is 14.1. The van der Waals surface area contributed by atoms with Crippen LogP contribution in [0.2, 0.25) is 0 Å². The third-order valence-corrected chi connectivity index (χ3v) is 5.93. The predicted octanol–water partition coefficient (Wildman–Crippen LogP) is 3.48. The fourth-order valence-electron chi connectivity index (χ4n) is 4.18. The van der Waals surface area contributed by atoms with Crippen molar-refractivity contribution in [2.75, 3.05) is 13.6 Å². The van der Waals surface area contributed by atoms with Gasteiger partial charge < -0.3 is 15.5 Å². The van der Waals surface area contributed by atoms with Crippen molar-refractivity contribution in [3.05, 3.63) is 82.7 Å². The van der Waals surface area contributed by atoms with Crippen LogP contribution in [0.25, 0.3) is 5.69 Å². The van der Waals surface area contributed by atoms with E-state index >= 15 is 0 Å². The summed E-state index contributed by atoms with van der Waals surface area (Å²) in [7, 11) is 1.78. The molecule has 1 fully saturated rings. The van der Waals surface area contributed by atoms with Crippen molar-refractivity contribution in [1.82, 2.24) is 25.3 Å². The van der Waals surface area contributed by atoms with E-state index in [9.17, 15) is 4.79 Å². The highest BCUT2D eigenvalue weighted by Gasteiger charge is 2.19. The monoisotopic (exact) mass is 444 g/mol. The summed E-state index contributed by atoms with van der Waals surface area (Å²) in [5.74, 6) is 1.000. The number of nitrogens with one attached hydrogen (secondary N) is 2. The lowest BCUT2D eigenvalue weighted by atomic mass is 10.1. The van der Waals surface area contributed by atoms with Crippen LogP contribution in [0.3, 0.4) is 0 Å².